The van der Waals surface area contributed by atoms with Crippen LogP contribution in [0.2, 0.25) is 0 Å². The SMILES string of the molecule is C/C=C\C.CCN=CCOCc1cn(Cc2ccc(F)cc2)c2cnc3c(c12)CCN(O)C3=O. The summed E-state index contributed by atoms with van der Waals surface area (Å²) in [5.74, 6) is -0.770. The van der Waals surface area contributed by atoms with Gasteiger partial charge in [0.25, 0.3) is 5.91 Å². The first-order valence-corrected chi connectivity index (χ1v) is 11.4. The van der Waals surface area contributed by atoms with Crippen LogP contribution in [0.4, 0.5) is 4.39 Å². The van der Waals surface area contributed by atoms with E-state index in [9.17, 15) is 14.4 Å². The number of carbonyl (C=O) groups excluding carboxylic acids is 1. The quantitative estimate of drug-likeness (QED) is 0.235. The van der Waals surface area contributed by atoms with Crippen molar-refractivity contribution in [3.8, 4) is 0 Å². The standard InChI is InChI=1S/C22H23FN4O3.C4H8/c1-2-24-8-10-30-14-16-13-26(12-15-3-5-17(23)6-4-15)19-11-25-21-18(20(16)19)7-9-27(29)22(21)28;1-3-4-2/h3-6,8,11,13,29H,2,7,9-10,12,14H2,1H3;3-4H,1-2H3/b;4-3-. The maximum atomic E-state index is 13.3. The van der Waals surface area contributed by atoms with Crippen LogP contribution in [0.3, 0.4) is 0 Å². The molecule has 180 valence electrons. The minimum atomic E-state index is -0.494. The molecule has 8 heteroatoms. The molecule has 0 saturated carbocycles. The normalized spacial score (nSPS) is 13.6. The highest BCUT2D eigenvalue weighted by Gasteiger charge is 2.28. The summed E-state index contributed by atoms with van der Waals surface area (Å²) >= 11 is 0. The highest BCUT2D eigenvalue weighted by atomic mass is 19.1. The van der Waals surface area contributed by atoms with Crippen LogP contribution in [-0.2, 0) is 24.3 Å². The van der Waals surface area contributed by atoms with Gasteiger partial charge in [-0.1, -0.05) is 24.3 Å². The Morgan fingerprint density at radius 1 is 1.24 bits per heavy atom. The number of pyridine rings is 1. The van der Waals surface area contributed by atoms with Crippen molar-refractivity contribution < 1.29 is 19.1 Å². The molecule has 1 N–H and O–H groups in total. The Bertz CT molecular complexity index is 1160. The number of nitrogens with zero attached hydrogens (tertiary/aromatic N) is 4. The number of ether oxygens (including phenoxy) is 1. The van der Waals surface area contributed by atoms with Crippen LogP contribution in [0.1, 0.15) is 48.0 Å². The van der Waals surface area contributed by atoms with Gasteiger partial charge in [0, 0.05) is 36.5 Å². The summed E-state index contributed by atoms with van der Waals surface area (Å²) in [4.78, 5) is 20.8. The summed E-state index contributed by atoms with van der Waals surface area (Å²) in [6, 6.07) is 6.37. The van der Waals surface area contributed by atoms with Crippen LogP contribution in [0.25, 0.3) is 10.9 Å². The molecule has 0 atom stereocenters. The topological polar surface area (TPSA) is 79.9 Å². The number of hydrogen-bond donors (Lipinski definition) is 1. The number of fused-ring (bicyclic) bond motifs is 3. The van der Waals surface area contributed by atoms with E-state index in [1.807, 2.05) is 43.7 Å². The maximum Gasteiger partial charge on any atom is 0.296 e. The average molecular weight is 467 g/mol. The molecule has 0 bridgehead atoms. The van der Waals surface area contributed by atoms with Crippen molar-refractivity contribution in [2.24, 2.45) is 4.99 Å². The zero-order chi connectivity index (χ0) is 24.5. The van der Waals surface area contributed by atoms with Crippen LogP contribution < -0.4 is 0 Å². The first-order valence-electron chi connectivity index (χ1n) is 11.4. The fourth-order valence-electron chi connectivity index (χ4n) is 3.74. The number of aliphatic imine (C=N–C) groups is 1. The molecule has 1 aliphatic heterocycles. The van der Waals surface area contributed by atoms with Crippen LogP contribution in [0, 0.1) is 5.82 Å². The number of halogens is 1. The van der Waals surface area contributed by atoms with Gasteiger partial charge in [0.15, 0.2) is 0 Å². The molecule has 0 fully saturated rings. The van der Waals surface area contributed by atoms with E-state index in [2.05, 4.69) is 9.98 Å². The Hall–Kier alpha value is -3.36. The zero-order valence-corrected chi connectivity index (χ0v) is 19.9. The molecule has 0 unspecified atom stereocenters. The van der Waals surface area contributed by atoms with E-state index >= 15 is 0 Å². The van der Waals surface area contributed by atoms with Crippen LogP contribution in [0.5, 0.6) is 0 Å². The van der Waals surface area contributed by atoms with Gasteiger partial charge in [-0.25, -0.2) is 14.4 Å². The Labute approximate surface area is 199 Å². The van der Waals surface area contributed by atoms with E-state index in [-0.39, 0.29) is 18.1 Å². The number of carbonyl (C=O) groups is 1. The van der Waals surface area contributed by atoms with Crippen molar-refractivity contribution in [3.05, 3.63) is 77.0 Å². The lowest BCUT2D eigenvalue weighted by Gasteiger charge is -2.23. The number of hydrogen-bond acceptors (Lipinski definition) is 5. The van der Waals surface area contributed by atoms with E-state index in [0.29, 0.717) is 37.8 Å². The van der Waals surface area contributed by atoms with Gasteiger partial charge in [0.05, 0.1) is 31.5 Å². The van der Waals surface area contributed by atoms with Crippen molar-refractivity contribution in [2.75, 3.05) is 19.7 Å². The van der Waals surface area contributed by atoms with E-state index in [4.69, 9.17) is 4.74 Å². The number of rotatable bonds is 7. The summed E-state index contributed by atoms with van der Waals surface area (Å²) in [6.07, 6.45) is 9.88. The smallest absolute Gasteiger partial charge is 0.296 e. The highest BCUT2D eigenvalue weighted by Crippen LogP contribution is 2.31. The fourth-order valence-corrected chi connectivity index (χ4v) is 3.74. The lowest BCUT2D eigenvalue weighted by molar-refractivity contribution is -0.0606. The lowest BCUT2D eigenvalue weighted by atomic mass is 9.99. The predicted octanol–water partition coefficient (Wildman–Crippen LogP) is 4.80. The van der Waals surface area contributed by atoms with Gasteiger partial charge in [-0.05, 0) is 50.5 Å². The Kier molecular flexibility index (Phi) is 9.07. The number of benzene rings is 1. The average Bonchev–Trinajstić information content (AvgIpc) is 3.20. The second-order valence-electron chi connectivity index (χ2n) is 7.80. The maximum absolute atomic E-state index is 13.3. The van der Waals surface area contributed by atoms with Gasteiger partial charge in [0.1, 0.15) is 11.5 Å². The second kappa shape index (κ2) is 12.2. The molecule has 0 saturated heterocycles. The third kappa shape index (κ3) is 5.95. The Morgan fingerprint density at radius 3 is 2.65 bits per heavy atom. The second-order valence-corrected chi connectivity index (χ2v) is 7.80. The first-order chi connectivity index (χ1) is 16.5. The highest BCUT2D eigenvalue weighted by molar-refractivity contribution is 6.00. The van der Waals surface area contributed by atoms with E-state index in [1.165, 1.54) is 12.1 Å². The summed E-state index contributed by atoms with van der Waals surface area (Å²) in [7, 11) is 0. The summed E-state index contributed by atoms with van der Waals surface area (Å²) < 4.78 is 21.1. The van der Waals surface area contributed by atoms with E-state index < -0.39 is 5.91 Å². The van der Waals surface area contributed by atoms with Gasteiger partial charge >= 0.3 is 0 Å². The molecule has 3 aromatic rings. The van der Waals surface area contributed by atoms with Gasteiger partial charge in [-0.2, -0.15) is 0 Å². The molecular weight excluding hydrogens is 435 g/mol. The monoisotopic (exact) mass is 466 g/mol. The van der Waals surface area contributed by atoms with E-state index in [0.717, 1.165) is 27.6 Å². The molecule has 3 heterocycles. The molecule has 0 radical (unpaired) electrons. The van der Waals surface area contributed by atoms with Crippen LogP contribution in [-0.4, -0.2) is 51.6 Å². The van der Waals surface area contributed by atoms with Gasteiger partial charge in [0.2, 0.25) is 0 Å². The largest absolute Gasteiger partial charge is 0.371 e. The lowest BCUT2D eigenvalue weighted by Crippen LogP contribution is -2.35. The number of hydroxylamine groups is 2. The summed E-state index contributed by atoms with van der Waals surface area (Å²) in [6.45, 7) is 8.18. The number of aromatic nitrogens is 2. The first kappa shape index (κ1) is 25.3. The molecule has 4 rings (SSSR count). The molecular formula is C26H31FN4O3. The van der Waals surface area contributed by atoms with Gasteiger partial charge in [-0.3, -0.25) is 15.0 Å². The molecule has 7 nitrogen and oxygen atoms in total. The molecule has 1 aliphatic rings. The van der Waals surface area contributed by atoms with Crippen molar-refractivity contribution in [1.29, 1.82) is 0 Å². The zero-order valence-electron chi connectivity index (χ0n) is 19.9. The molecule has 1 amide bonds. The van der Waals surface area contributed by atoms with Gasteiger partial charge in [-0.15, -0.1) is 0 Å². The summed E-state index contributed by atoms with van der Waals surface area (Å²) in [5.41, 5.74) is 3.85. The number of allylic oxidation sites excluding steroid dienone is 2. The minimum Gasteiger partial charge on any atom is -0.371 e. The molecule has 0 aliphatic carbocycles. The molecule has 1 aromatic carbocycles. The van der Waals surface area contributed by atoms with Crippen molar-refractivity contribution in [1.82, 2.24) is 14.6 Å². The van der Waals surface area contributed by atoms with Crippen molar-refractivity contribution in [2.45, 2.75) is 40.3 Å². The van der Waals surface area contributed by atoms with Crippen molar-refractivity contribution >= 4 is 23.0 Å². The van der Waals surface area contributed by atoms with Crippen molar-refractivity contribution in [3.63, 3.8) is 0 Å². The van der Waals surface area contributed by atoms with E-state index in [1.54, 1.807) is 24.5 Å². The Morgan fingerprint density at radius 2 is 1.97 bits per heavy atom. The third-order valence-electron chi connectivity index (χ3n) is 5.47. The number of amides is 1. The van der Waals surface area contributed by atoms with Gasteiger partial charge < -0.3 is 9.30 Å². The van der Waals surface area contributed by atoms with Crippen LogP contribution in [0.15, 0.2) is 53.8 Å². The van der Waals surface area contributed by atoms with Crippen LogP contribution >= 0.6 is 0 Å². The fraction of sp³-hybridized carbons (Fsp3) is 0.346. The predicted molar refractivity (Wildman–Crippen MR) is 131 cm³/mol. The minimum absolute atomic E-state index is 0.221. The molecule has 0 spiro atoms. The third-order valence-corrected chi connectivity index (χ3v) is 5.47. The molecule has 2 aromatic heterocycles. The summed E-state index contributed by atoms with van der Waals surface area (Å²) in [5, 5.41) is 11.4. The Balaban J connectivity index is 0.000000751. The molecule has 34 heavy (non-hydrogen) atoms.